The molecule has 3 rings (SSSR count). The first-order valence-corrected chi connectivity index (χ1v) is 7.39. The zero-order valence-electron chi connectivity index (χ0n) is 11.0. The Labute approximate surface area is 127 Å². The van der Waals surface area contributed by atoms with Gasteiger partial charge in [-0.05, 0) is 23.3 Å². The molecule has 2 aromatic carbocycles. The van der Waals surface area contributed by atoms with Crippen LogP contribution in [0.5, 0.6) is 0 Å². The lowest BCUT2D eigenvalue weighted by Crippen LogP contribution is -2.05. The molecule has 0 atom stereocenters. The Morgan fingerprint density at radius 3 is 2.55 bits per heavy atom. The van der Waals surface area contributed by atoms with Gasteiger partial charge in [-0.1, -0.05) is 58.4 Å². The molecule has 1 heterocycles. The van der Waals surface area contributed by atoms with Crippen LogP contribution in [-0.4, -0.2) is 9.55 Å². The molecule has 0 unspecified atom stereocenters. The van der Waals surface area contributed by atoms with Gasteiger partial charge in [0.25, 0.3) is 0 Å². The average Bonchev–Trinajstić information content (AvgIpc) is 2.87. The highest BCUT2D eigenvalue weighted by Crippen LogP contribution is 2.15. The average molecular weight is 327 g/mol. The van der Waals surface area contributed by atoms with Crippen molar-refractivity contribution < 1.29 is 0 Å². The van der Waals surface area contributed by atoms with Gasteiger partial charge in [0.1, 0.15) is 5.82 Å². The summed E-state index contributed by atoms with van der Waals surface area (Å²) in [7, 11) is 0. The van der Waals surface area contributed by atoms with E-state index in [0.29, 0.717) is 0 Å². The van der Waals surface area contributed by atoms with E-state index >= 15 is 0 Å². The molecule has 1 aromatic heterocycles. The lowest BCUT2D eigenvalue weighted by Gasteiger charge is -2.08. The Balaban J connectivity index is 1.80. The summed E-state index contributed by atoms with van der Waals surface area (Å²) in [4.78, 5) is 4.48. The van der Waals surface area contributed by atoms with Crippen LogP contribution in [0.15, 0.2) is 71.5 Å². The van der Waals surface area contributed by atoms with E-state index in [1.54, 1.807) is 0 Å². The van der Waals surface area contributed by atoms with E-state index in [2.05, 4.69) is 67.9 Å². The number of hydrogen-bond donors (Lipinski definition) is 0. The lowest BCUT2D eigenvalue weighted by atomic mass is 10.1. The van der Waals surface area contributed by atoms with Gasteiger partial charge in [-0.25, -0.2) is 4.98 Å². The normalized spacial score (nSPS) is 10.7. The summed E-state index contributed by atoms with van der Waals surface area (Å²) in [5, 5.41) is 0. The minimum atomic E-state index is 0.847. The molecule has 0 amide bonds. The fraction of sp³-hybridized carbons (Fsp3) is 0.118. The van der Waals surface area contributed by atoms with Gasteiger partial charge < -0.3 is 4.57 Å². The maximum absolute atomic E-state index is 4.48. The second-order valence-electron chi connectivity index (χ2n) is 4.76. The molecule has 100 valence electrons. The summed E-state index contributed by atoms with van der Waals surface area (Å²) in [5.74, 6) is 1.09. The summed E-state index contributed by atoms with van der Waals surface area (Å²) < 4.78 is 3.31. The van der Waals surface area contributed by atoms with Crippen molar-refractivity contribution in [3.05, 3.63) is 88.4 Å². The van der Waals surface area contributed by atoms with Crippen LogP contribution in [0.2, 0.25) is 0 Å². The first kappa shape index (κ1) is 13.1. The van der Waals surface area contributed by atoms with Crippen LogP contribution < -0.4 is 0 Å². The molecule has 2 nitrogen and oxygen atoms in total. The molecule has 0 fully saturated rings. The highest BCUT2D eigenvalue weighted by atomic mass is 79.9. The highest BCUT2D eigenvalue weighted by Gasteiger charge is 2.05. The molecule has 0 saturated heterocycles. The van der Waals surface area contributed by atoms with Crippen molar-refractivity contribution in [2.45, 2.75) is 13.0 Å². The van der Waals surface area contributed by atoms with E-state index in [9.17, 15) is 0 Å². The van der Waals surface area contributed by atoms with Crippen molar-refractivity contribution in [3.8, 4) is 0 Å². The number of rotatable bonds is 4. The van der Waals surface area contributed by atoms with E-state index in [1.807, 2.05) is 24.5 Å². The summed E-state index contributed by atoms with van der Waals surface area (Å²) >= 11 is 3.51. The molecule has 0 bridgehead atoms. The van der Waals surface area contributed by atoms with Crippen LogP contribution in [0.4, 0.5) is 0 Å². The van der Waals surface area contributed by atoms with Gasteiger partial charge in [-0.2, -0.15) is 0 Å². The second kappa shape index (κ2) is 6.06. The SMILES string of the molecule is Brc1cccc(Cc2nccn2Cc2ccccc2)c1. The number of hydrogen-bond acceptors (Lipinski definition) is 1. The van der Waals surface area contributed by atoms with Gasteiger partial charge in [-0.15, -0.1) is 0 Å². The van der Waals surface area contributed by atoms with Gasteiger partial charge in [0, 0.05) is 29.8 Å². The molecule has 0 saturated carbocycles. The first-order valence-electron chi connectivity index (χ1n) is 6.59. The largest absolute Gasteiger partial charge is 0.330 e. The zero-order chi connectivity index (χ0) is 13.8. The van der Waals surface area contributed by atoms with Gasteiger partial charge in [-0.3, -0.25) is 0 Å². The number of halogens is 1. The fourth-order valence-electron chi connectivity index (χ4n) is 2.26. The lowest BCUT2D eigenvalue weighted by molar-refractivity contribution is 0.740. The minimum absolute atomic E-state index is 0.847. The molecule has 0 radical (unpaired) electrons. The quantitative estimate of drug-likeness (QED) is 0.699. The van der Waals surface area contributed by atoms with E-state index in [-0.39, 0.29) is 0 Å². The third-order valence-corrected chi connectivity index (χ3v) is 3.74. The Hall–Kier alpha value is -1.87. The van der Waals surface area contributed by atoms with Crippen molar-refractivity contribution in [1.29, 1.82) is 0 Å². The summed E-state index contributed by atoms with van der Waals surface area (Å²) in [6.45, 7) is 0.865. The number of benzene rings is 2. The number of imidazole rings is 1. The Morgan fingerprint density at radius 1 is 0.950 bits per heavy atom. The van der Waals surface area contributed by atoms with Gasteiger partial charge in [0.2, 0.25) is 0 Å². The molecule has 0 aliphatic carbocycles. The predicted octanol–water partition coefficient (Wildman–Crippen LogP) is 4.28. The van der Waals surface area contributed by atoms with Crippen molar-refractivity contribution in [2.24, 2.45) is 0 Å². The van der Waals surface area contributed by atoms with Crippen molar-refractivity contribution in [1.82, 2.24) is 9.55 Å². The van der Waals surface area contributed by atoms with Crippen LogP contribution in [-0.2, 0) is 13.0 Å². The van der Waals surface area contributed by atoms with Crippen LogP contribution in [0.1, 0.15) is 17.0 Å². The molecule has 3 heteroatoms. The van der Waals surface area contributed by atoms with Crippen LogP contribution in [0.25, 0.3) is 0 Å². The van der Waals surface area contributed by atoms with Crippen molar-refractivity contribution >= 4 is 15.9 Å². The Kier molecular flexibility index (Phi) is 3.97. The predicted molar refractivity (Wildman–Crippen MR) is 84.7 cm³/mol. The molecule has 0 aliphatic heterocycles. The molecule has 3 aromatic rings. The van der Waals surface area contributed by atoms with E-state index < -0.39 is 0 Å². The maximum atomic E-state index is 4.48. The monoisotopic (exact) mass is 326 g/mol. The third kappa shape index (κ3) is 3.17. The summed E-state index contributed by atoms with van der Waals surface area (Å²) in [6.07, 6.45) is 4.76. The highest BCUT2D eigenvalue weighted by molar-refractivity contribution is 9.10. The van der Waals surface area contributed by atoms with E-state index in [0.717, 1.165) is 23.3 Å². The number of nitrogens with zero attached hydrogens (tertiary/aromatic N) is 2. The standard InChI is InChI=1S/C17H15BrN2/c18-16-8-4-7-15(11-16)12-17-19-9-10-20(17)13-14-5-2-1-3-6-14/h1-11H,12-13H2. The third-order valence-electron chi connectivity index (χ3n) is 3.25. The first-order chi connectivity index (χ1) is 9.81. The maximum Gasteiger partial charge on any atom is 0.113 e. The summed E-state index contributed by atoms with van der Waals surface area (Å²) in [6, 6.07) is 18.8. The van der Waals surface area contributed by atoms with Crippen LogP contribution in [0.3, 0.4) is 0 Å². The summed E-state index contributed by atoms with van der Waals surface area (Å²) in [5.41, 5.74) is 2.56. The van der Waals surface area contributed by atoms with Crippen molar-refractivity contribution in [3.63, 3.8) is 0 Å². The number of aromatic nitrogens is 2. The Bertz CT molecular complexity index is 689. The topological polar surface area (TPSA) is 17.8 Å². The van der Waals surface area contributed by atoms with Gasteiger partial charge in [0.15, 0.2) is 0 Å². The fourth-order valence-corrected chi connectivity index (χ4v) is 2.71. The molecule has 0 N–H and O–H groups in total. The second-order valence-corrected chi connectivity index (χ2v) is 5.68. The zero-order valence-corrected chi connectivity index (χ0v) is 12.6. The van der Waals surface area contributed by atoms with Crippen LogP contribution in [0, 0.1) is 0 Å². The van der Waals surface area contributed by atoms with Crippen molar-refractivity contribution in [2.75, 3.05) is 0 Å². The van der Waals surface area contributed by atoms with Gasteiger partial charge in [0.05, 0.1) is 0 Å². The molecule has 0 aliphatic rings. The molecular weight excluding hydrogens is 312 g/mol. The Morgan fingerprint density at radius 2 is 1.75 bits per heavy atom. The molecule has 20 heavy (non-hydrogen) atoms. The van der Waals surface area contributed by atoms with E-state index in [4.69, 9.17) is 0 Å². The van der Waals surface area contributed by atoms with Crippen LogP contribution >= 0.6 is 15.9 Å². The minimum Gasteiger partial charge on any atom is -0.330 e. The molecular formula is C17H15BrN2. The van der Waals surface area contributed by atoms with Gasteiger partial charge >= 0.3 is 0 Å². The van der Waals surface area contributed by atoms with E-state index in [1.165, 1.54) is 11.1 Å². The molecule has 0 spiro atoms. The smallest absolute Gasteiger partial charge is 0.113 e.